The Balaban J connectivity index is 1.71. The number of hydrogen-bond donors (Lipinski definition) is 3. The second kappa shape index (κ2) is 9.18. The maximum atomic E-state index is 13.5. The van der Waals surface area contributed by atoms with E-state index in [1.54, 1.807) is 6.92 Å². The van der Waals surface area contributed by atoms with Gasteiger partial charge >= 0.3 is 0 Å². The lowest BCUT2D eigenvalue weighted by Gasteiger charge is -2.19. The summed E-state index contributed by atoms with van der Waals surface area (Å²) in [5, 5.41) is 21.6. The average molecular weight is 422 g/mol. The Morgan fingerprint density at radius 1 is 1.10 bits per heavy atom. The van der Waals surface area contributed by atoms with Crippen molar-refractivity contribution in [3.63, 3.8) is 0 Å². The van der Waals surface area contributed by atoms with Crippen molar-refractivity contribution in [1.82, 2.24) is 20.0 Å². The highest BCUT2D eigenvalue weighted by molar-refractivity contribution is 6.27. The van der Waals surface area contributed by atoms with E-state index >= 15 is 0 Å². The van der Waals surface area contributed by atoms with Crippen molar-refractivity contribution < 1.29 is 9.90 Å². The maximum Gasteiger partial charge on any atom is 0.196 e. The molecule has 0 aliphatic heterocycles. The number of likely N-dealkylation sites (N-methyl/N-ethyl adjacent to an activating group) is 1. The molecule has 1 aliphatic rings. The van der Waals surface area contributed by atoms with E-state index in [0.717, 1.165) is 54.0 Å². The monoisotopic (exact) mass is 421 g/mol. The fraction of sp³-hybridized carbons (Fsp3) is 0.417. The molecule has 0 saturated heterocycles. The molecule has 1 unspecified atom stereocenters. The topological polar surface area (TPSA) is 82.4 Å². The molecular weight excluding hydrogens is 390 g/mol. The summed E-state index contributed by atoms with van der Waals surface area (Å²) in [5.41, 5.74) is 4.96. The molecule has 4 rings (SSSR count). The predicted octanol–water partition coefficient (Wildman–Crippen LogP) is 2.93. The van der Waals surface area contributed by atoms with Crippen LogP contribution in [0, 0.1) is 0 Å². The number of anilines is 1. The van der Waals surface area contributed by atoms with Gasteiger partial charge in [-0.05, 0) is 32.1 Å². The average Bonchev–Trinajstić information content (AvgIpc) is 3.15. The highest BCUT2D eigenvalue weighted by atomic mass is 16.3. The SMILES string of the molecule is CCN(CC)CCn1nc2c3c(cccc31)C(=O)c1c(NCCNC(C)O)cccc1-2. The van der Waals surface area contributed by atoms with E-state index < -0.39 is 6.23 Å². The lowest BCUT2D eigenvalue weighted by atomic mass is 9.86. The van der Waals surface area contributed by atoms with E-state index in [4.69, 9.17) is 5.10 Å². The molecule has 0 saturated carbocycles. The van der Waals surface area contributed by atoms with Crippen LogP contribution in [0.5, 0.6) is 0 Å². The van der Waals surface area contributed by atoms with Crippen LogP contribution in [0.2, 0.25) is 0 Å². The third kappa shape index (κ3) is 4.08. The van der Waals surface area contributed by atoms with Crippen molar-refractivity contribution in [3.05, 3.63) is 47.5 Å². The summed E-state index contributed by atoms with van der Waals surface area (Å²) >= 11 is 0. The van der Waals surface area contributed by atoms with Gasteiger partial charge in [0.25, 0.3) is 0 Å². The molecule has 1 atom stereocenters. The van der Waals surface area contributed by atoms with E-state index in [-0.39, 0.29) is 5.78 Å². The van der Waals surface area contributed by atoms with Gasteiger partial charge in [0.2, 0.25) is 0 Å². The van der Waals surface area contributed by atoms with Crippen molar-refractivity contribution in [1.29, 1.82) is 0 Å². The van der Waals surface area contributed by atoms with E-state index in [2.05, 4.69) is 35.4 Å². The summed E-state index contributed by atoms with van der Waals surface area (Å²) < 4.78 is 2.04. The minimum absolute atomic E-state index is 0.0305. The zero-order valence-corrected chi connectivity index (χ0v) is 18.5. The molecule has 2 aromatic carbocycles. The number of benzene rings is 2. The molecule has 31 heavy (non-hydrogen) atoms. The number of aliphatic hydroxyl groups excluding tert-OH is 1. The maximum absolute atomic E-state index is 13.5. The zero-order chi connectivity index (χ0) is 22.0. The Hall–Kier alpha value is -2.74. The first kappa shape index (κ1) is 21.5. The van der Waals surface area contributed by atoms with Crippen LogP contribution in [0.4, 0.5) is 5.69 Å². The third-order valence-corrected chi connectivity index (χ3v) is 5.97. The van der Waals surface area contributed by atoms with Gasteiger partial charge in [-0.25, -0.2) is 0 Å². The summed E-state index contributed by atoms with van der Waals surface area (Å²) in [7, 11) is 0. The van der Waals surface area contributed by atoms with Crippen molar-refractivity contribution in [2.75, 3.05) is 38.0 Å². The quantitative estimate of drug-likeness (QED) is 0.270. The van der Waals surface area contributed by atoms with Crippen LogP contribution in [0.25, 0.3) is 22.2 Å². The lowest BCUT2D eigenvalue weighted by Crippen LogP contribution is -2.30. The molecule has 7 heteroatoms. The number of fused-ring (bicyclic) bond motifs is 2. The Bertz CT molecular complexity index is 1090. The first-order valence-electron chi connectivity index (χ1n) is 11.1. The molecule has 0 amide bonds. The fourth-order valence-corrected chi connectivity index (χ4v) is 4.31. The highest BCUT2D eigenvalue weighted by Crippen LogP contribution is 2.41. The minimum atomic E-state index is -0.561. The van der Waals surface area contributed by atoms with Gasteiger partial charge < -0.3 is 15.3 Å². The predicted molar refractivity (Wildman–Crippen MR) is 125 cm³/mol. The summed E-state index contributed by atoms with van der Waals surface area (Å²) in [5.74, 6) is 0.0305. The number of carbonyl (C=O) groups excluding carboxylic acids is 1. The first-order valence-corrected chi connectivity index (χ1v) is 11.1. The number of carbonyl (C=O) groups is 1. The van der Waals surface area contributed by atoms with Gasteiger partial charge in [0, 0.05) is 41.8 Å². The van der Waals surface area contributed by atoms with Crippen LogP contribution < -0.4 is 10.6 Å². The standard InChI is InChI=1S/C24H31N5O2/c1-4-28(5-2)14-15-29-20-11-7-9-18-22(20)23(27-29)17-8-6-10-19(21(17)24(18)31)26-13-12-25-16(3)30/h6-11,16,25-26,30H,4-5,12-15H2,1-3H3. The van der Waals surface area contributed by atoms with Crippen molar-refractivity contribution >= 4 is 22.4 Å². The van der Waals surface area contributed by atoms with Crippen LogP contribution in [-0.4, -0.2) is 64.5 Å². The minimum Gasteiger partial charge on any atom is -0.383 e. The Morgan fingerprint density at radius 3 is 2.58 bits per heavy atom. The van der Waals surface area contributed by atoms with Crippen molar-refractivity contribution in [3.8, 4) is 11.3 Å². The summed E-state index contributed by atoms with van der Waals surface area (Å²) in [6, 6.07) is 11.8. The molecular formula is C24H31N5O2. The summed E-state index contributed by atoms with van der Waals surface area (Å²) in [6.45, 7) is 10.9. The number of aliphatic hydroxyl groups is 1. The van der Waals surface area contributed by atoms with Gasteiger partial charge in [0.1, 0.15) is 11.9 Å². The molecule has 3 N–H and O–H groups in total. The number of rotatable bonds is 10. The number of aromatic nitrogens is 2. The Kier molecular flexibility index (Phi) is 6.36. The molecule has 1 aromatic heterocycles. The normalized spacial score (nSPS) is 13.6. The second-order valence-electron chi connectivity index (χ2n) is 7.91. The van der Waals surface area contributed by atoms with Crippen LogP contribution in [0.1, 0.15) is 36.7 Å². The van der Waals surface area contributed by atoms with Gasteiger partial charge in [0.15, 0.2) is 5.78 Å². The van der Waals surface area contributed by atoms with Crippen LogP contribution in [-0.2, 0) is 6.54 Å². The van der Waals surface area contributed by atoms with Crippen molar-refractivity contribution in [2.45, 2.75) is 33.5 Å². The molecule has 1 heterocycles. The molecule has 164 valence electrons. The number of nitrogens with zero attached hydrogens (tertiary/aromatic N) is 3. The molecule has 7 nitrogen and oxygen atoms in total. The van der Waals surface area contributed by atoms with Gasteiger partial charge in [-0.1, -0.05) is 38.1 Å². The summed E-state index contributed by atoms with van der Waals surface area (Å²) in [6.07, 6.45) is -0.561. The smallest absolute Gasteiger partial charge is 0.196 e. The molecule has 0 fully saturated rings. The van der Waals surface area contributed by atoms with Gasteiger partial charge in [0.05, 0.1) is 17.6 Å². The van der Waals surface area contributed by atoms with Crippen LogP contribution in [0.15, 0.2) is 36.4 Å². The molecule has 1 aliphatic carbocycles. The highest BCUT2D eigenvalue weighted by Gasteiger charge is 2.30. The molecule has 3 aromatic rings. The second-order valence-corrected chi connectivity index (χ2v) is 7.91. The lowest BCUT2D eigenvalue weighted by molar-refractivity contribution is 0.104. The number of nitrogens with one attached hydrogen (secondary N) is 2. The van der Waals surface area contributed by atoms with Crippen LogP contribution in [0.3, 0.4) is 0 Å². The van der Waals surface area contributed by atoms with Gasteiger partial charge in [-0.3, -0.25) is 14.8 Å². The van der Waals surface area contributed by atoms with E-state index in [0.29, 0.717) is 24.2 Å². The molecule has 0 spiro atoms. The summed E-state index contributed by atoms with van der Waals surface area (Å²) in [4.78, 5) is 15.9. The number of hydrogen-bond acceptors (Lipinski definition) is 6. The van der Waals surface area contributed by atoms with Crippen molar-refractivity contribution in [2.24, 2.45) is 0 Å². The van der Waals surface area contributed by atoms with Crippen LogP contribution >= 0.6 is 0 Å². The fourth-order valence-electron chi connectivity index (χ4n) is 4.31. The van der Waals surface area contributed by atoms with E-state index in [1.165, 1.54) is 0 Å². The zero-order valence-electron chi connectivity index (χ0n) is 18.5. The largest absolute Gasteiger partial charge is 0.383 e. The molecule has 0 bridgehead atoms. The first-order chi connectivity index (χ1) is 15.0. The van der Waals surface area contributed by atoms with E-state index in [9.17, 15) is 9.90 Å². The van der Waals surface area contributed by atoms with Gasteiger partial charge in [-0.15, -0.1) is 0 Å². The third-order valence-electron chi connectivity index (χ3n) is 5.97. The Labute approximate surface area is 183 Å². The Morgan fingerprint density at radius 2 is 1.84 bits per heavy atom. The molecule has 0 radical (unpaired) electrons. The van der Waals surface area contributed by atoms with Gasteiger partial charge in [-0.2, -0.15) is 5.10 Å². The van der Waals surface area contributed by atoms with E-state index in [1.807, 2.05) is 35.0 Å². The number of ketones is 1.